The number of hydrogen-bond acceptors (Lipinski definition) is 1. The molecule has 0 amide bonds. The molecule has 1 aromatic carbocycles. The van der Waals surface area contributed by atoms with Gasteiger partial charge in [-0.1, -0.05) is 34.5 Å². The van der Waals surface area contributed by atoms with Gasteiger partial charge in [-0.3, -0.25) is 0 Å². The predicted molar refractivity (Wildman–Crippen MR) is 79.6 cm³/mol. The highest BCUT2D eigenvalue weighted by molar-refractivity contribution is 9.10. The SMILES string of the molecule is C=C(C)CC(NCCC)c1ccc(Br)cc1C(F)(F)F. The van der Waals surface area contributed by atoms with E-state index in [9.17, 15) is 13.2 Å². The van der Waals surface area contributed by atoms with Crippen LogP contribution >= 0.6 is 15.9 Å². The molecule has 1 unspecified atom stereocenters. The minimum absolute atomic E-state index is 0.275. The fourth-order valence-electron chi connectivity index (χ4n) is 2.04. The summed E-state index contributed by atoms with van der Waals surface area (Å²) in [6.07, 6.45) is -3.00. The summed E-state index contributed by atoms with van der Waals surface area (Å²) < 4.78 is 40.0. The van der Waals surface area contributed by atoms with Gasteiger partial charge in [0.05, 0.1) is 5.56 Å². The van der Waals surface area contributed by atoms with E-state index >= 15 is 0 Å². The van der Waals surface area contributed by atoms with Crippen LogP contribution in [0, 0.1) is 0 Å². The first kappa shape index (κ1) is 17.2. The zero-order chi connectivity index (χ0) is 15.3. The summed E-state index contributed by atoms with van der Waals surface area (Å²) in [5.41, 5.74) is 0.536. The Labute approximate surface area is 126 Å². The molecule has 1 atom stereocenters. The molecule has 0 aliphatic heterocycles. The van der Waals surface area contributed by atoms with Gasteiger partial charge in [0.1, 0.15) is 0 Å². The Kier molecular flexibility index (Phi) is 6.27. The number of rotatable bonds is 6. The van der Waals surface area contributed by atoms with Gasteiger partial charge < -0.3 is 5.32 Å². The quantitative estimate of drug-likeness (QED) is 0.671. The van der Waals surface area contributed by atoms with Crippen molar-refractivity contribution in [2.24, 2.45) is 0 Å². The molecular weight excluding hydrogens is 331 g/mol. The minimum Gasteiger partial charge on any atom is -0.310 e. The molecule has 1 N–H and O–H groups in total. The molecule has 0 spiro atoms. The van der Waals surface area contributed by atoms with E-state index in [4.69, 9.17) is 0 Å². The molecule has 0 aliphatic rings. The molecule has 0 aromatic heterocycles. The molecule has 1 nitrogen and oxygen atoms in total. The van der Waals surface area contributed by atoms with E-state index < -0.39 is 11.7 Å². The summed E-state index contributed by atoms with van der Waals surface area (Å²) in [5, 5.41) is 3.17. The Bertz CT molecular complexity index is 469. The van der Waals surface area contributed by atoms with E-state index in [1.54, 1.807) is 6.07 Å². The highest BCUT2D eigenvalue weighted by Gasteiger charge is 2.35. The molecule has 0 saturated carbocycles. The lowest BCUT2D eigenvalue weighted by Gasteiger charge is -2.23. The van der Waals surface area contributed by atoms with Crippen molar-refractivity contribution in [1.82, 2.24) is 5.32 Å². The number of benzene rings is 1. The van der Waals surface area contributed by atoms with Gasteiger partial charge in [-0.25, -0.2) is 0 Å². The molecule has 0 bridgehead atoms. The smallest absolute Gasteiger partial charge is 0.310 e. The average molecular weight is 350 g/mol. The van der Waals surface area contributed by atoms with E-state index in [2.05, 4.69) is 27.8 Å². The van der Waals surface area contributed by atoms with Crippen LogP contribution in [0.3, 0.4) is 0 Å². The third-order valence-corrected chi connectivity index (χ3v) is 3.38. The molecule has 0 aliphatic carbocycles. The van der Waals surface area contributed by atoms with E-state index in [0.29, 0.717) is 17.4 Å². The zero-order valence-electron chi connectivity index (χ0n) is 11.6. The lowest BCUT2D eigenvalue weighted by Crippen LogP contribution is -2.25. The van der Waals surface area contributed by atoms with Crippen molar-refractivity contribution in [2.75, 3.05) is 6.54 Å². The van der Waals surface area contributed by atoms with Gasteiger partial charge >= 0.3 is 6.18 Å². The Morgan fingerprint density at radius 1 is 1.40 bits per heavy atom. The Balaban J connectivity index is 3.20. The fourth-order valence-corrected chi connectivity index (χ4v) is 2.40. The van der Waals surface area contributed by atoms with E-state index in [1.165, 1.54) is 6.07 Å². The molecule has 20 heavy (non-hydrogen) atoms. The van der Waals surface area contributed by atoms with E-state index in [-0.39, 0.29) is 11.6 Å². The van der Waals surface area contributed by atoms with Crippen LogP contribution in [0.15, 0.2) is 34.8 Å². The van der Waals surface area contributed by atoms with Gasteiger partial charge in [0.2, 0.25) is 0 Å². The molecule has 1 aromatic rings. The van der Waals surface area contributed by atoms with Crippen molar-refractivity contribution in [1.29, 1.82) is 0 Å². The number of hydrogen-bond donors (Lipinski definition) is 1. The van der Waals surface area contributed by atoms with Crippen LogP contribution in [0.5, 0.6) is 0 Å². The van der Waals surface area contributed by atoms with Crippen LogP contribution in [-0.4, -0.2) is 6.54 Å². The molecule has 112 valence electrons. The largest absolute Gasteiger partial charge is 0.416 e. The van der Waals surface area contributed by atoms with Crippen molar-refractivity contribution in [3.05, 3.63) is 46.0 Å². The molecule has 0 radical (unpaired) electrons. The van der Waals surface area contributed by atoms with Crippen LogP contribution in [0.4, 0.5) is 13.2 Å². The molecule has 5 heteroatoms. The first-order valence-corrected chi connectivity index (χ1v) is 7.29. The normalized spacial score (nSPS) is 13.3. The molecular formula is C15H19BrF3N. The first-order valence-electron chi connectivity index (χ1n) is 6.50. The molecule has 0 saturated heterocycles. The molecule has 0 fully saturated rings. The highest BCUT2D eigenvalue weighted by Crippen LogP contribution is 2.37. The summed E-state index contributed by atoms with van der Waals surface area (Å²) in [6, 6.07) is 3.94. The van der Waals surface area contributed by atoms with Gasteiger partial charge in [-0.2, -0.15) is 13.2 Å². The summed E-state index contributed by atoms with van der Waals surface area (Å²) in [5.74, 6) is 0. The molecule has 1 rings (SSSR count). The topological polar surface area (TPSA) is 12.0 Å². The van der Waals surface area contributed by atoms with Gasteiger partial charge in [0.15, 0.2) is 0 Å². The monoisotopic (exact) mass is 349 g/mol. The van der Waals surface area contributed by atoms with Gasteiger partial charge in [-0.15, -0.1) is 6.58 Å². The van der Waals surface area contributed by atoms with E-state index in [1.807, 2.05) is 13.8 Å². The Morgan fingerprint density at radius 3 is 2.55 bits per heavy atom. The summed E-state index contributed by atoms with van der Waals surface area (Å²) in [7, 11) is 0. The van der Waals surface area contributed by atoms with Gasteiger partial charge in [-0.05, 0) is 44.0 Å². The van der Waals surface area contributed by atoms with Crippen LogP contribution in [0.1, 0.15) is 43.9 Å². The summed E-state index contributed by atoms with van der Waals surface area (Å²) >= 11 is 3.10. The maximum absolute atomic E-state index is 13.2. The van der Waals surface area contributed by atoms with Crippen molar-refractivity contribution < 1.29 is 13.2 Å². The zero-order valence-corrected chi connectivity index (χ0v) is 13.2. The average Bonchev–Trinajstić information content (AvgIpc) is 2.33. The summed E-state index contributed by atoms with van der Waals surface area (Å²) in [4.78, 5) is 0. The lowest BCUT2D eigenvalue weighted by atomic mass is 9.95. The molecule has 0 heterocycles. The third kappa shape index (κ3) is 4.94. The van der Waals surface area contributed by atoms with Gasteiger partial charge in [0.25, 0.3) is 0 Å². The number of alkyl halides is 3. The highest BCUT2D eigenvalue weighted by atomic mass is 79.9. The van der Waals surface area contributed by atoms with Crippen LogP contribution in [-0.2, 0) is 6.18 Å². The lowest BCUT2D eigenvalue weighted by molar-refractivity contribution is -0.138. The number of nitrogens with one attached hydrogen (secondary N) is 1. The second-order valence-corrected chi connectivity index (χ2v) is 5.81. The fraction of sp³-hybridized carbons (Fsp3) is 0.467. The van der Waals surface area contributed by atoms with Gasteiger partial charge in [0, 0.05) is 10.5 Å². The van der Waals surface area contributed by atoms with E-state index in [0.717, 1.165) is 18.1 Å². The maximum atomic E-state index is 13.2. The van der Waals surface area contributed by atoms with Crippen molar-refractivity contribution >= 4 is 15.9 Å². The second-order valence-electron chi connectivity index (χ2n) is 4.90. The Morgan fingerprint density at radius 2 is 2.05 bits per heavy atom. The predicted octanol–water partition coefficient (Wildman–Crippen LogP) is 5.47. The van der Waals surface area contributed by atoms with Crippen molar-refractivity contribution in [2.45, 2.75) is 38.9 Å². The van der Waals surface area contributed by atoms with Crippen molar-refractivity contribution in [3.8, 4) is 0 Å². The number of halogens is 4. The van der Waals surface area contributed by atoms with Crippen LogP contribution in [0.2, 0.25) is 0 Å². The summed E-state index contributed by atoms with van der Waals surface area (Å²) in [6.45, 7) is 8.29. The minimum atomic E-state index is -4.36. The maximum Gasteiger partial charge on any atom is 0.416 e. The van der Waals surface area contributed by atoms with Crippen LogP contribution < -0.4 is 5.32 Å². The van der Waals surface area contributed by atoms with Crippen LogP contribution in [0.25, 0.3) is 0 Å². The standard InChI is InChI=1S/C15H19BrF3N/c1-4-7-20-14(8-10(2)3)12-6-5-11(16)9-13(12)15(17,18)19/h5-6,9,14,20H,2,4,7-8H2,1,3H3. The third-order valence-electron chi connectivity index (χ3n) is 2.89. The first-order chi connectivity index (χ1) is 9.25. The second kappa shape index (κ2) is 7.27. The van der Waals surface area contributed by atoms with Crippen molar-refractivity contribution in [3.63, 3.8) is 0 Å². The Hall–Kier alpha value is -0.810.